The number of rotatable bonds is 6. The van der Waals surface area contributed by atoms with Crippen LogP contribution in [0, 0.1) is 12.1 Å². The smallest absolute Gasteiger partial charge is 0.416 e. The molecule has 4 rings (SSSR count). The highest BCUT2D eigenvalue weighted by atomic mass is 19.4. The molecule has 0 atom stereocenters. The highest BCUT2D eigenvalue weighted by Gasteiger charge is 2.41. The molecule has 1 N–H and O–H groups in total. The SMILES string of the molecule is Cc1ccccc1-c1cc(N(C)C(=O)C(C)(C)c2cc(C(F)(F)F)cc(C(F)(F)F)c2)cnc1C[N+]1([O-])CCN(O)CC1. The van der Waals surface area contributed by atoms with Crippen molar-refractivity contribution in [2.24, 2.45) is 0 Å². The Labute approximate surface area is 245 Å². The Kier molecular flexibility index (Phi) is 8.68. The van der Waals surface area contributed by atoms with Gasteiger partial charge in [-0.2, -0.15) is 31.4 Å². The van der Waals surface area contributed by atoms with E-state index in [1.807, 2.05) is 25.1 Å². The van der Waals surface area contributed by atoms with Gasteiger partial charge in [0.05, 0.1) is 54.6 Å². The minimum absolute atomic E-state index is 0.00854. The van der Waals surface area contributed by atoms with E-state index in [-0.39, 0.29) is 44.5 Å². The highest BCUT2D eigenvalue weighted by molar-refractivity contribution is 6.00. The maximum absolute atomic E-state index is 13.7. The topological polar surface area (TPSA) is 79.7 Å². The predicted molar refractivity (Wildman–Crippen MR) is 148 cm³/mol. The molecular formula is C30H32F6N4O3. The summed E-state index contributed by atoms with van der Waals surface area (Å²) in [6, 6.07) is 10.1. The number of carbonyl (C=O) groups excluding carboxylic acids is 1. The number of quaternary nitrogens is 1. The Morgan fingerprint density at radius 2 is 1.49 bits per heavy atom. The Hall–Kier alpha value is -3.52. The first-order valence-corrected chi connectivity index (χ1v) is 13.5. The second-order valence-electron chi connectivity index (χ2n) is 11.4. The number of aryl methyl sites for hydroxylation is 1. The van der Waals surface area contributed by atoms with Gasteiger partial charge in [0, 0.05) is 12.6 Å². The van der Waals surface area contributed by atoms with E-state index < -0.39 is 45.0 Å². The fourth-order valence-electron chi connectivity index (χ4n) is 5.13. The van der Waals surface area contributed by atoms with Crippen molar-refractivity contribution in [3.63, 3.8) is 0 Å². The molecule has 0 aliphatic carbocycles. The summed E-state index contributed by atoms with van der Waals surface area (Å²) in [5.41, 5.74) is -2.41. The van der Waals surface area contributed by atoms with Crippen LogP contribution in [-0.4, -0.2) is 59.0 Å². The molecule has 2 aromatic carbocycles. The van der Waals surface area contributed by atoms with Crippen molar-refractivity contribution >= 4 is 11.6 Å². The van der Waals surface area contributed by atoms with Crippen LogP contribution in [0.3, 0.4) is 0 Å². The Balaban J connectivity index is 1.75. The van der Waals surface area contributed by atoms with Crippen molar-refractivity contribution in [3.8, 4) is 11.1 Å². The normalized spacial score (nSPS) is 16.3. The maximum Gasteiger partial charge on any atom is 0.416 e. The van der Waals surface area contributed by atoms with Crippen LogP contribution in [0.2, 0.25) is 0 Å². The number of halogens is 6. The number of anilines is 1. The number of carbonyl (C=O) groups is 1. The van der Waals surface area contributed by atoms with E-state index in [2.05, 4.69) is 4.98 Å². The third-order valence-corrected chi connectivity index (χ3v) is 7.90. The number of amides is 1. The van der Waals surface area contributed by atoms with Crippen LogP contribution in [0.1, 0.15) is 41.8 Å². The predicted octanol–water partition coefficient (Wildman–Crippen LogP) is 6.55. The molecule has 232 valence electrons. The molecule has 1 aromatic heterocycles. The van der Waals surface area contributed by atoms with E-state index in [0.29, 0.717) is 23.4 Å². The molecule has 43 heavy (non-hydrogen) atoms. The quantitative estimate of drug-likeness (QED) is 0.195. The fourth-order valence-corrected chi connectivity index (χ4v) is 5.13. The number of hydrogen-bond donors (Lipinski definition) is 1. The Bertz CT molecular complexity index is 1470. The summed E-state index contributed by atoms with van der Waals surface area (Å²) in [5.74, 6) is -0.767. The molecular weight excluding hydrogens is 578 g/mol. The second-order valence-corrected chi connectivity index (χ2v) is 11.4. The molecule has 1 aliphatic rings. The lowest BCUT2D eigenvalue weighted by Gasteiger charge is -2.47. The average molecular weight is 611 g/mol. The van der Waals surface area contributed by atoms with Crippen LogP contribution >= 0.6 is 0 Å². The number of alkyl halides is 6. The molecule has 2 heterocycles. The lowest BCUT2D eigenvalue weighted by molar-refractivity contribution is -0.900. The molecule has 13 heteroatoms. The lowest BCUT2D eigenvalue weighted by Crippen LogP contribution is -2.54. The zero-order valence-corrected chi connectivity index (χ0v) is 24.1. The molecule has 1 fully saturated rings. The maximum atomic E-state index is 13.7. The standard InChI is InChI=1S/C30H32F6N4O3/c1-19-7-5-6-8-24(19)25-16-23(17-37-26(25)18-40(43)11-9-39(42)10-12-40)38(4)27(41)28(2,3)20-13-21(29(31,32)33)15-22(14-20)30(34,35)36/h5-8,13-17,42H,9-12,18H2,1-4H3. The second kappa shape index (κ2) is 11.5. The number of hydroxylamine groups is 5. The van der Waals surface area contributed by atoms with Crippen molar-refractivity contribution in [2.45, 2.75) is 45.1 Å². The molecule has 0 saturated carbocycles. The highest BCUT2D eigenvalue weighted by Crippen LogP contribution is 2.40. The van der Waals surface area contributed by atoms with Crippen LogP contribution in [0.5, 0.6) is 0 Å². The van der Waals surface area contributed by atoms with E-state index in [1.165, 1.54) is 27.1 Å². The molecule has 0 unspecified atom stereocenters. The van der Waals surface area contributed by atoms with Gasteiger partial charge >= 0.3 is 12.4 Å². The molecule has 7 nitrogen and oxygen atoms in total. The fraction of sp³-hybridized carbons (Fsp3) is 0.400. The molecule has 0 radical (unpaired) electrons. The summed E-state index contributed by atoms with van der Waals surface area (Å²) < 4.78 is 80.6. The van der Waals surface area contributed by atoms with E-state index in [0.717, 1.165) is 21.1 Å². The third kappa shape index (κ3) is 7.01. The van der Waals surface area contributed by atoms with Gasteiger partial charge in [0.1, 0.15) is 12.2 Å². The van der Waals surface area contributed by atoms with Gasteiger partial charge in [-0.25, -0.2) is 0 Å². The lowest BCUT2D eigenvalue weighted by atomic mass is 9.81. The molecule has 1 amide bonds. The van der Waals surface area contributed by atoms with Gasteiger partial charge in [-0.1, -0.05) is 24.3 Å². The number of nitrogens with zero attached hydrogens (tertiary/aromatic N) is 4. The van der Waals surface area contributed by atoms with Gasteiger partial charge < -0.3 is 20.0 Å². The third-order valence-electron chi connectivity index (χ3n) is 7.90. The number of likely N-dealkylation sites (N-methyl/N-ethyl adjacent to an activating group) is 1. The minimum atomic E-state index is -5.06. The number of hydrogen-bond acceptors (Lipinski definition) is 5. The van der Waals surface area contributed by atoms with Crippen molar-refractivity contribution in [2.75, 3.05) is 38.1 Å². The monoisotopic (exact) mass is 610 g/mol. The van der Waals surface area contributed by atoms with Crippen LogP contribution in [0.4, 0.5) is 32.0 Å². The molecule has 3 aromatic rings. The van der Waals surface area contributed by atoms with E-state index in [1.54, 1.807) is 12.1 Å². The largest absolute Gasteiger partial charge is 0.632 e. The van der Waals surface area contributed by atoms with Crippen molar-refractivity contribution < 1.29 is 41.0 Å². The zero-order valence-electron chi connectivity index (χ0n) is 24.1. The van der Waals surface area contributed by atoms with Crippen LogP contribution in [0.25, 0.3) is 11.1 Å². The van der Waals surface area contributed by atoms with Gasteiger partial charge in [-0.3, -0.25) is 9.78 Å². The minimum Gasteiger partial charge on any atom is -0.632 e. The van der Waals surface area contributed by atoms with Gasteiger partial charge in [-0.05, 0) is 61.7 Å². The summed E-state index contributed by atoms with van der Waals surface area (Å²) in [7, 11) is 1.36. The zero-order chi connectivity index (χ0) is 32.0. The first kappa shape index (κ1) is 32.4. The Morgan fingerprint density at radius 3 is 2.02 bits per heavy atom. The molecule has 1 saturated heterocycles. The van der Waals surface area contributed by atoms with Gasteiger partial charge in [0.2, 0.25) is 5.91 Å². The average Bonchev–Trinajstić information content (AvgIpc) is 2.93. The summed E-state index contributed by atoms with van der Waals surface area (Å²) in [6.07, 6.45) is -8.77. The van der Waals surface area contributed by atoms with Crippen LogP contribution < -0.4 is 4.90 Å². The summed E-state index contributed by atoms with van der Waals surface area (Å²) in [5, 5.41) is 24.2. The Morgan fingerprint density at radius 1 is 0.953 bits per heavy atom. The van der Waals surface area contributed by atoms with Crippen molar-refractivity contribution in [3.05, 3.63) is 87.9 Å². The van der Waals surface area contributed by atoms with Gasteiger partial charge in [-0.15, -0.1) is 0 Å². The van der Waals surface area contributed by atoms with Crippen LogP contribution in [-0.2, 0) is 29.1 Å². The molecule has 0 bridgehead atoms. The number of aromatic nitrogens is 1. The summed E-state index contributed by atoms with van der Waals surface area (Å²) in [6.45, 7) is 5.04. The van der Waals surface area contributed by atoms with E-state index in [4.69, 9.17) is 0 Å². The van der Waals surface area contributed by atoms with E-state index >= 15 is 0 Å². The number of pyridine rings is 1. The van der Waals surface area contributed by atoms with E-state index in [9.17, 15) is 41.6 Å². The van der Waals surface area contributed by atoms with Crippen LogP contribution in [0.15, 0.2) is 54.7 Å². The first-order chi connectivity index (χ1) is 19.8. The summed E-state index contributed by atoms with van der Waals surface area (Å²) >= 11 is 0. The molecule has 1 aliphatic heterocycles. The first-order valence-electron chi connectivity index (χ1n) is 13.5. The number of benzene rings is 2. The van der Waals surface area contributed by atoms with Gasteiger partial charge in [0.25, 0.3) is 0 Å². The molecule has 0 spiro atoms. The number of piperazine rings is 1. The van der Waals surface area contributed by atoms with Crippen molar-refractivity contribution in [1.82, 2.24) is 10.0 Å². The summed E-state index contributed by atoms with van der Waals surface area (Å²) in [4.78, 5) is 19.4. The van der Waals surface area contributed by atoms with Gasteiger partial charge in [0.15, 0.2) is 0 Å². The van der Waals surface area contributed by atoms with Crippen molar-refractivity contribution in [1.29, 1.82) is 0 Å².